The van der Waals surface area contributed by atoms with E-state index in [1.807, 2.05) is 13.8 Å². The normalized spacial score (nSPS) is 15.2. The number of fused-ring (bicyclic) bond motifs is 3. The van der Waals surface area contributed by atoms with Crippen molar-refractivity contribution in [1.29, 1.82) is 0 Å². The van der Waals surface area contributed by atoms with Crippen molar-refractivity contribution in [3.05, 3.63) is 34.6 Å². The van der Waals surface area contributed by atoms with Crippen molar-refractivity contribution in [1.82, 2.24) is 10.2 Å². The maximum absolute atomic E-state index is 12.7. The monoisotopic (exact) mass is 440 g/mol. The Balaban J connectivity index is 1.76. The highest BCUT2D eigenvalue weighted by molar-refractivity contribution is 5.98. The highest BCUT2D eigenvalue weighted by atomic mass is 16.5. The predicted molar refractivity (Wildman–Crippen MR) is 132 cm³/mol. The van der Waals surface area contributed by atoms with Crippen LogP contribution >= 0.6 is 0 Å². The van der Waals surface area contributed by atoms with Gasteiger partial charge in [-0.2, -0.15) is 0 Å². The zero-order valence-corrected chi connectivity index (χ0v) is 20.8. The van der Waals surface area contributed by atoms with Gasteiger partial charge in [-0.15, -0.1) is 0 Å². The molecule has 0 aliphatic heterocycles. The van der Waals surface area contributed by atoms with Crippen LogP contribution in [0, 0.1) is 6.92 Å². The van der Waals surface area contributed by atoms with Crippen LogP contribution in [0.3, 0.4) is 0 Å². The maximum Gasteiger partial charge on any atom is 0.244 e. The molecular weight excluding hydrogens is 400 g/mol. The summed E-state index contributed by atoms with van der Waals surface area (Å²) >= 11 is 0. The Labute approximate surface area is 193 Å². The van der Waals surface area contributed by atoms with E-state index in [4.69, 9.17) is 9.15 Å². The molecule has 1 aliphatic rings. The first kappa shape index (κ1) is 24.4. The molecule has 3 rings (SSSR count). The van der Waals surface area contributed by atoms with Crippen molar-refractivity contribution in [3.8, 4) is 5.75 Å². The Hall–Kier alpha value is -2.27. The van der Waals surface area contributed by atoms with Crippen molar-refractivity contribution in [3.63, 3.8) is 0 Å². The Morgan fingerprint density at radius 3 is 2.69 bits per heavy atom. The highest BCUT2D eigenvalue weighted by Gasteiger charge is 2.23. The SMILES string of the molecule is CCN(CC)CCCC(C)NC(=O)/C=C(\C)c1cc2c3c(oc2c(C)c1OC)CCCC3. The number of furan rings is 1. The summed E-state index contributed by atoms with van der Waals surface area (Å²) in [5.41, 5.74) is 5.14. The van der Waals surface area contributed by atoms with Gasteiger partial charge in [-0.3, -0.25) is 4.79 Å². The van der Waals surface area contributed by atoms with Crippen LogP contribution in [-0.4, -0.2) is 43.6 Å². The van der Waals surface area contributed by atoms with Crippen LogP contribution in [0.25, 0.3) is 16.5 Å². The Morgan fingerprint density at radius 1 is 1.28 bits per heavy atom. The highest BCUT2D eigenvalue weighted by Crippen LogP contribution is 2.40. The Morgan fingerprint density at radius 2 is 2.00 bits per heavy atom. The maximum atomic E-state index is 12.7. The summed E-state index contributed by atoms with van der Waals surface area (Å²) in [5, 5.41) is 4.30. The number of rotatable bonds is 10. The third kappa shape index (κ3) is 5.37. The van der Waals surface area contributed by atoms with E-state index in [0.717, 1.165) is 79.1 Å². The van der Waals surface area contributed by atoms with Crippen molar-refractivity contribution < 1.29 is 13.9 Å². The second-order valence-electron chi connectivity index (χ2n) is 9.08. The van der Waals surface area contributed by atoms with E-state index in [1.54, 1.807) is 13.2 Å². The van der Waals surface area contributed by atoms with E-state index in [0.29, 0.717) is 0 Å². The number of ether oxygens (including phenoxy) is 1. The molecule has 1 amide bonds. The number of aryl methyl sites for hydroxylation is 3. The quantitative estimate of drug-likeness (QED) is 0.485. The molecule has 0 saturated heterocycles. The number of hydrogen-bond acceptors (Lipinski definition) is 4. The fourth-order valence-electron chi connectivity index (χ4n) is 4.88. The van der Waals surface area contributed by atoms with Crippen LogP contribution in [0.5, 0.6) is 5.75 Å². The molecule has 176 valence electrons. The standard InChI is InChI=1S/C27H40N2O3/c1-7-29(8-2)15-11-12-19(4)28-25(30)16-18(3)22-17-23-21-13-9-10-14-24(21)32-27(23)20(5)26(22)31-6/h16-17,19H,7-15H2,1-6H3,(H,28,30)/b18-16+. The van der Waals surface area contributed by atoms with Gasteiger partial charge < -0.3 is 19.4 Å². The van der Waals surface area contributed by atoms with Gasteiger partial charge in [0, 0.05) is 40.6 Å². The molecule has 0 fully saturated rings. The molecular formula is C27H40N2O3. The fraction of sp³-hybridized carbons (Fsp3) is 0.593. The number of carbonyl (C=O) groups excluding carboxylic acids is 1. The number of methoxy groups -OCH3 is 1. The number of benzene rings is 1. The molecule has 1 heterocycles. The molecule has 0 bridgehead atoms. The minimum atomic E-state index is -0.0492. The number of amides is 1. The summed E-state index contributed by atoms with van der Waals surface area (Å²) in [5.74, 6) is 1.86. The van der Waals surface area contributed by atoms with Gasteiger partial charge >= 0.3 is 0 Å². The predicted octanol–water partition coefficient (Wildman–Crippen LogP) is 5.66. The third-order valence-corrected chi connectivity index (χ3v) is 6.80. The summed E-state index contributed by atoms with van der Waals surface area (Å²) in [6, 6.07) is 2.30. The molecule has 5 heteroatoms. The fourth-order valence-corrected chi connectivity index (χ4v) is 4.88. The molecule has 1 N–H and O–H groups in total. The van der Waals surface area contributed by atoms with Gasteiger partial charge in [0.25, 0.3) is 0 Å². The van der Waals surface area contributed by atoms with Gasteiger partial charge in [-0.25, -0.2) is 0 Å². The van der Waals surface area contributed by atoms with Crippen molar-refractivity contribution >= 4 is 22.4 Å². The smallest absolute Gasteiger partial charge is 0.244 e. The number of hydrogen-bond donors (Lipinski definition) is 1. The minimum absolute atomic E-state index is 0.0492. The average molecular weight is 441 g/mol. The van der Waals surface area contributed by atoms with E-state index in [-0.39, 0.29) is 11.9 Å². The second-order valence-corrected chi connectivity index (χ2v) is 9.08. The van der Waals surface area contributed by atoms with Gasteiger partial charge in [0.1, 0.15) is 17.1 Å². The van der Waals surface area contributed by atoms with Crippen molar-refractivity contribution in [2.24, 2.45) is 0 Å². The van der Waals surface area contributed by atoms with Gasteiger partial charge in [-0.1, -0.05) is 13.8 Å². The van der Waals surface area contributed by atoms with Crippen LogP contribution in [-0.2, 0) is 17.6 Å². The number of nitrogens with zero attached hydrogens (tertiary/aromatic N) is 1. The molecule has 0 saturated carbocycles. The molecule has 1 atom stereocenters. The van der Waals surface area contributed by atoms with Gasteiger partial charge in [0.2, 0.25) is 5.91 Å². The lowest BCUT2D eigenvalue weighted by molar-refractivity contribution is -0.117. The lowest BCUT2D eigenvalue weighted by atomic mass is 9.93. The minimum Gasteiger partial charge on any atom is -0.496 e. The van der Waals surface area contributed by atoms with Crippen LogP contribution in [0.1, 0.15) is 75.8 Å². The van der Waals surface area contributed by atoms with Gasteiger partial charge in [0.15, 0.2) is 0 Å². The summed E-state index contributed by atoms with van der Waals surface area (Å²) in [4.78, 5) is 15.1. The molecule has 2 aromatic rings. The summed E-state index contributed by atoms with van der Waals surface area (Å²) < 4.78 is 12.0. The van der Waals surface area contributed by atoms with E-state index in [1.165, 1.54) is 23.8 Å². The molecule has 0 radical (unpaired) electrons. The molecule has 0 spiro atoms. The molecule has 1 aromatic carbocycles. The summed E-state index contributed by atoms with van der Waals surface area (Å²) in [6.45, 7) is 13.7. The zero-order chi connectivity index (χ0) is 23.3. The Kier molecular flexibility index (Phi) is 8.41. The van der Waals surface area contributed by atoms with Crippen LogP contribution < -0.4 is 10.1 Å². The molecule has 1 aromatic heterocycles. The van der Waals surface area contributed by atoms with Crippen LogP contribution in [0.15, 0.2) is 16.6 Å². The van der Waals surface area contributed by atoms with Crippen molar-refractivity contribution in [2.45, 2.75) is 79.2 Å². The van der Waals surface area contributed by atoms with E-state index in [9.17, 15) is 4.79 Å². The zero-order valence-electron chi connectivity index (χ0n) is 20.8. The first-order valence-corrected chi connectivity index (χ1v) is 12.2. The number of nitrogens with one attached hydrogen (secondary N) is 1. The van der Waals surface area contributed by atoms with Crippen molar-refractivity contribution in [2.75, 3.05) is 26.7 Å². The second kappa shape index (κ2) is 11.0. The molecule has 5 nitrogen and oxygen atoms in total. The van der Waals surface area contributed by atoms with Crippen LogP contribution in [0.4, 0.5) is 0 Å². The third-order valence-electron chi connectivity index (χ3n) is 6.80. The van der Waals surface area contributed by atoms with Crippen LogP contribution in [0.2, 0.25) is 0 Å². The Bertz CT molecular complexity index is 969. The summed E-state index contributed by atoms with van der Waals surface area (Å²) in [6.07, 6.45) is 8.21. The van der Waals surface area contributed by atoms with E-state index >= 15 is 0 Å². The first-order valence-electron chi connectivity index (χ1n) is 12.2. The van der Waals surface area contributed by atoms with Gasteiger partial charge in [-0.05, 0) is 84.1 Å². The lowest BCUT2D eigenvalue weighted by Gasteiger charge is -2.19. The molecule has 1 aliphatic carbocycles. The number of allylic oxidation sites excluding steroid dienone is 1. The average Bonchev–Trinajstić information content (AvgIpc) is 3.15. The van der Waals surface area contributed by atoms with Gasteiger partial charge in [0.05, 0.1) is 7.11 Å². The van der Waals surface area contributed by atoms with E-state index < -0.39 is 0 Å². The summed E-state index contributed by atoms with van der Waals surface area (Å²) in [7, 11) is 1.69. The largest absolute Gasteiger partial charge is 0.496 e. The molecule has 32 heavy (non-hydrogen) atoms. The lowest BCUT2D eigenvalue weighted by Crippen LogP contribution is -2.32. The topological polar surface area (TPSA) is 54.7 Å². The number of carbonyl (C=O) groups is 1. The molecule has 1 unspecified atom stereocenters. The van der Waals surface area contributed by atoms with E-state index in [2.05, 4.69) is 37.1 Å². The first-order chi connectivity index (χ1) is 15.4.